The van der Waals surface area contributed by atoms with Gasteiger partial charge in [0, 0.05) is 37.4 Å². The van der Waals surface area contributed by atoms with Gasteiger partial charge in [0.1, 0.15) is 0 Å². The lowest BCUT2D eigenvalue weighted by Crippen LogP contribution is -2.11. The van der Waals surface area contributed by atoms with E-state index >= 15 is 0 Å². The quantitative estimate of drug-likeness (QED) is 0.526. The van der Waals surface area contributed by atoms with Crippen molar-refractivity contribution in [2.45, 2.75) is 0 Å². The molecule has 130 valence electrons. The van der Waals surface area contributed by atoms with Crippen molar-refractivity contribution in [1.82, 2.24) is 24.8 Å². The van der Waals surface area contributed by atoms with Gasteiger partial charge in [-0.25, -0.2) is 4.79 Å². The zero-order valence-corrected chi connectivity index (χ0v) is 14.4. The lowest BCUT2D eigenvalue weighted by molar-refractivity contribution is 0.890. The van der Waals surface area contributed by atoms with E-state index in [-0.39, 0.29) is 5.69 Å². The largest absolute Gasteiger partial charge is 0.396 e. The van der Waals surface area contributed by atoms with Gasteiger partial charge in [-0.1, -0.05) is 12.1 Å². The van der Waals surface area contributed by atoms with Crippen molar-refractivity contribution in [3.05, 3.63) is 65.1 Å². The molecule has 0 aliphatic carbocycles. The Morgan fingerprint density at radius 3 is 2.73 bits per heavy atom. The fraction of sp³-hybridized carbons (Fsp3) is 0.105. The monoisotopic (exact) mass is 346 g/mol. The number of aromatic nitrogens is 4. The average Bonchev–Trinajstić information content (AvgIpc) is 2.96. The van der Waals surface area contributed by atoms with Crippen molar-refractivity contribution in [3.8, 4) is 11.1 Å². The van der Waals surface area contributed by atoms with Crippen molar-refractivity contribution in [2.75, 3.05) is 7.05 Å². The fourth-order valence-electron chi connectivity index (χ4n) is 3.01. The number of benzene rings is 1. The van der Waals surface area contributed by atoms with E-state index < -0.39 is 0 Å². The molecule has 1 aromatic carbocycles. The minimum Gasteiger partial charge on any atom is -0.396 e. The van der Waals surface area contributed by atoms with Crippen molar-refractivity contribution in [1.29, 1.82) is 0 Å². The van der Waals surface area contributed by atoms with E-state index in [4.69, 9.17) is 5.73 Å². The molecule has 0 saturated heterocycles. The van der Waals surface area contributed by atoms with Crippen molar-refractivity contribution in [2.24, 2.45) is 12.8 Å². The first-order valence-electron chi connectivity index (χ1n) is 8.15. The third-order valence-corrected chi connectivity index (χ3v) is 4.44. The van der Waals surface area contributed by atoms with Gasteiger partial charge in [0.15, 0.2) is 0 Å². The molecule has 0 unspecified atom stereocenters. The van der Waals surface area contributed by atoms with E-state index in [0.29, 0.717) is 11.4 Å². The highest BCUT2D eigenvalue weighted by Crippen LogP contribution is 2.27. The molecule has 0 amide bonds. The third-order valence-electron chi connectivity index (χ3n) is 4.44. The lowest BCUT2D eigenvalue weighted by Gasteiger charge is -2.06. The van der Waals surface area contributed by atoms with E-state index in [0.717, 1.165) is 33.1 Å². The van der Waals surface area contributed by atoms with Crippen LogP contribution in [-0.2, 0) is 7.05 Å². The van der Waals surface area contributed by atoms with Gasteiger partial charge in [0.05, 0.1) is 34.1 Å². The number of hydrogen-bond donors (Lipinski definition) is 3. The summed E-state index contributed by atoms with van der Waals surface area (Å²) in [7, 11) is 3.52. The van der Waals surface area contributed by atoms with Gasteiger partial charge >= 0.3 is 5.69 Å². The Balaban J connectivity index is 1.84. The number of H-pyrrole nitrogens is 1. The van der Waals surface area contributed by atoms with Crippen LogP contribution in [0.5, 0.6) is 0 Å². The van der Waals surface area contributed by atoms with Crippen LogP contribution in [-0.4, -0.2) is 26.6 Å². The number of imidazole rings is 1. The van der Waals surface area contributed by atoms with Crippen LogP contribution in [0.1, 0.15) is 5.69 Å². The zero-order valence-electron chi connectivity index (χ0n) is 14.4. The lowest BCUT2D eigenvalue weighted by atomic mass is 10.0. The van der Waals surface area contributed by atoms with E-state index in [9.17, 15) is 4.79 Å². The molecule has 0 aliphatic heterocycles. The Bertz CT molecular complexity index is 1200. The van der Waals surface area contributed by atoms with Crippen molar-refractivity contribution >= 4 is 27.6 Å². The van der Waals surface area contributed by atoms with Crippen LogP contribution < -0.4 is 16.7 Å². The third kappa shape index (κ3) is 2.50. The van der Waals surface area contributed by atoms with E-state index in [2.05, 4.69) is 20.3 Å². The highest BCUT2D eigenvalue weighted by molar-refractivity contribution is 6.03. The molecule has 4 aromatic rings. The smallest absolute Gasteiger partial charge is 0.326 e. The highest BCUT2D eigenvalue weighted by atomic mass is 16.1. The molecule has 0 aliphatic rings. The van der Waals surface area contributed by atoms with Gasteiger partial charge < -0.3 is 16.0 Å². The Kier molecular flexibility index (Phi) is 3.69. The van der Waals surface area contributed by atoms with Crippen LogP contribution in [0.4, 0.5) is 0 Å². The predicted octanol–water partition coefficient (Wildman–Crippen LogP) is 1.95. The molecule has 0 fully saturated rings. The second kappa shape index (κ2) is 6.03. The Morgan fingerprint density at radius 1 is 1.19 bits per heavy atom. The molecule has 0 atom stereocenters. The molecule has 0 spiro atoms. The van der Waals surface area contributed by atoms with Crippen LogP contribution >= 0.6 is 0 Å². The highest BCUT2D eigenvalue weighted by Gasteiger charge is 2.10. The summed E-state index contributed by atoms with van der Waals surface area (Å²) < 4.78 is 1.56. The van der Waals surface area contributed by atoms with Crippen molar-refractivity contribution < 1.29 is 0 Å². The summed E-state index contributed by atoms with van der Waals surface area (Å²) in [6, 6.07) is 9.81. The maximum absolute atomic E-state index is 11.9. The average molecular weight is 346 g/mol. The molecular weight excluding hydrogens is 328 g/mol. The van der Waals surface area contributed by atoms with Gasteiger partial charge in [0.25, 0.3) is 0 Å². The SMILES string of the molecule is CN/C=C(\N)c1ccc(-c2ccc3ncc4c([nH]c(=O)n4C)c3c2)cn1. The van der Waals surface area contributed by atoms with Crippen LogP contribution in [0.3, 0.4) is 0 Å². The Morgan fingerprint density at radius 2 is 2.00 bits per heavy atom. The van der Waals surface area contributed by atoms with Crippen LogP contribution in [0.2, 0.25) is 0 Å². The minimum atomic E-state index is -0.155. The molecule has 0 saturated carbocycles. The van der Waals surface area contributed by atoms with E-state index in [1.54, 1.807) is 37.3 Å². The summed E-state index contributed by atoms with van der Waals surface area (Å²) in [5, 5.41) is 3.79. The minimum absolute atomic E-state index is 0.155. The Hall–Kier alpha value is -3.61. The summed E-state index contributed by atoms with van der Waals surface area (Å²) >= 11 is 0. The predicted molar refractivity (Wildman–Crippen MR) is 103 cm³/mol. The van der Waals surface area contributed by atoms with Gasteiger partial charge in [-0.05, 0) is 23.8 Å². The molecule has 0 bridgehead atoms. The maximum atomic E-state index is 11.9. The fourth-order valence-corrected chi connectivity index (χ4v) is 3.01. The van der Waals surface area contributed by atoms with Gasteiger partial charge in [-0.15, -0.1) is 0 Å². The first-order chi connectivity index (χ1) is 12.6. The number of nitrogens with zero attached hydrogens (tertiary/aromatic N) is 3. The number of hydrogen-bond acceptors (Lipinski definition) is 5. The van der Waals surface area contributed by atoms with Gasteiger partial charge in [-0.3, -0.25) is 14.5 Å². The normalized spacial score (nSPS) is 12.0. The van der Waals surface area contributed by atoms with E-state index in [1.165, 1.54) is 0 Å². The summed E-state index contributed by atoms with van der Waals surface area (Å²) in [5.41, 5.74) is 11.4. The molecule has 3 heterocycles. The number of fused-ring (bicyclic) bond motifs is 3. The summed E-state index contributed by atoms with van der Waals surface area (Å²) in [6.45, 7) is 0. The molecule has 3 aromatic heterocycles. The number of aryl methyl sites for hydroxylation is 1. The van der Waals surface area contributed by atoms with Crippen LogP contribution in [0, 0.1) is 0 Å². The summed E-state index contributed by atoms with van der Waals surface area (Å²) in [6.07, 6.45) is 5.20. The Labute approximate surface area is 149 Å². The molecular formula is C19H18N6O. The van der Waals surface area contributed by atoms with Gasteiger partial charge in [0.2, 0.25) is 0 Å². The zero-order chi connectivity index (χ0) is 18.3. The summed E-state index contributed by atoms with van der Waals surface area (Å²) in [4.78, 5) is 23.7. The second-order valence-electron chi connectivity index (χ2n) is 6.06. The molecule has 7 heteroatoms. The number of aromatic amines is 1. The number of nitrogens with one attached hydrogen (secondary N) is 2. The standard InChI is InChI=1S/C19H18N6O/c1-21-9-14(20)16-6-4-12(8-22-16)11-3-5-15-13(7-11)18-17(10-23-15)25(2)19(26)24-18/h3-10,21H,20H2,1-2H3,(H,24,26)/b14-9-. The first-order valence-corrected chi connectivity index (χ1v) is 8.15. The molecule has 0 radical (unpaired) electrons. The first kappa shape index (κ1) is 15.9. The number of pyridine rings is 2. The molecule has 7 nitrogen and oxygen atoms in total. The number of rotatable bonds is 3. The van der Waals surface area contributed by atoms with Crippen LogP contribution in [0.25, 0.3) is 38.8 Å². The molecule has 26 heavy (non-hydrogen) atoms. The second-order valence-corrected chi connectivity index (χ2v) is 6.06. The topological polar surface area (TPSA) is 102 Å². The van der Waals surface area contributed by atoms with Crippen LogP contribution in [0.15, 0.2) is 53.7 Å². The number of nitrogens with two attached hydrogens (primary N) is 1. The molecule has 4 N–H and O–H groups in total. The van der Waals surface area contributed by atoms with Crippen molar-refractivity contribution in [3.63, 3.8) is 0 Å². The maximum Gasteiger partial charge on any atom is 0.326 e. The molecule has 4 rings (SSSR count). The summed E-state index contributed by atoms with van der Waals surface area (Å²) in [5.74, 6) is 0. The van der Waals surface area contributed by atoms with E-state index in [1.807, 2.05) is 30.3 Å². The van der Waals surface area contributed by atoms with Gasteiger partial charge in [-0.2, -0.15) is 0 Å².